The molecule has 2 rings (SSSR count). The monoisotopic (exact) mass is 483 g/mol. The predicted molar refractivity (Wildman–Crippen MR) is 131 cm³/mol. The number of nitrogens with two attached hydrogens (primary N) is 2. The Balaban J connectivity index is 1.89. The van der Waals surface area contributed by atoms with Gasteiger partial charge in [-0.3, -0.25) is 19.2 Å². The van der Waals surface area contributed by atoms with Crippen molar-refractivity contribution in [2.75, 3.05) is 13.1 Å². The van der Waals surface area contributed by atoms with Crippen LogP contribution in [-0.2, 0) is 32.0 Å². The van der Waals surface area contributed by atoms with E-state index in [0.29, 0.717) is 0 Å². The number of phenolic OH excluding ortho intramolecular Hbond substituents is 1. The van der Waals surface area contributed by atoms with Gasteiger partial charge in [0.25, 0.3) is 0 Å². The Bertz CT molecular complexity index is 1010. The van der Waals surface area contributed by atoms with Crippen molar-refractivity contribution in [1.29, 1.82) is 0 Å². The van der Waals surface area contributed by atoms with Gasteiger partial charge in [-0.1, -0.05) is 42.5 Å². The van der Waals surface area contributed by atoms with Gasteiger partial charge in [0.15, 0.2) is 0 Å². The normalized spacial score (nSPS) is 13.2. The van der Waals surface area contributed by atoms with E-state index in [1.807, 2.05) is 30.3 Å². The van der Waals surface area contributed by atoms with Crippen molar-refractivity contribution in [2.24, 2.45) is 11.5 Å². The van der Waals surface area contributed by atoms with Gasteiger partial charge in [-0.2, -0.15) is 0 Å². The summed E-state index contributed by atoms with van der Waals surface area (Å²) < 4.78 is 0. The van der Waals surface area contributed by atoms with Crippen molar-refractivity contribution >= 4 is 23.6 Å². The number of nitrogens with one attached hydrogen (secondary N) is 2. The van der Waals surface area contributed by atoms with Crippen LogP contribution in [0.1, 0.15) is 25.0 Å². The SMILES string of the molecule is CCN(C(=O)CNC(=O)[C@@H](C)NC(=O)[C@@H](N)Cc1ccc(O)cc1)[C@@H](Cc1ccccc1)C(N)=O. The number of hydrogen-bond acceptors (Lipinski definition) is 6. The molecule has 0 saturated carbocycles. The van der Waals surface area contributed by atoms with Gasteiger partial charge in [0.2, 0.25) is 23.6 Å². The first kappa shape index (κ1) is 27.3. The van der Waals surface area contributed by atoms with Gasteiger partial charge in [0, 0.05) is 13.0 Å². The van der Waals surface area contributed by atoms with Gasteiger partial charge in [-0.15, -0.1) is 0 Å². The van der Waals surface area contributed by atoms with Gasteiger partial charge < -0.3 is 32.1 Å². The zero-order chi connectivity index (χ0) is 26.0. The number of benzene rings is 2. The molecule has 7 N–H and O–H groups in total. The van der Waals surface area contributed by atoms with E-state index in [0.717, 1.165) is 11.1 Å². The van der Waals surface area contributed by atoms with Crippen molar-refractivity contribution in [3.63, 3.8) is 0 Å². The minimum atomic E-state index is -0.937. The molecule has 4 amide bonds. The molecule has 0 aliphatic carbocycles. The van der Waals surface area contributed by atoms with E-state index < -0.39 is 41.8 Å². The number of rotatable bonds is 12. The lowest BCUT2D eigenvalue weighted by molar-refractivity contribution is -0.139. The van der Waals surface area contributed by atoms with Crippen LogP contribution in [0.4, 0.5) is 0 Å². The van der Waals surface area contributed by atoms with Crippen molar-refractivity contribution in [1.82, 2.24) is 15.5 Å². The van der Waals surface area contributed by atoms with Gasteiger partial charge in [0.05, 0.1) is 12.6 Å². The van der Waals surface area contributed by atoms with Crippen LogP contribution < -0.4 is 22.1 Å². The summed E-state index contributed by atoms with van der Waals surface area (Å²) in [5.74, 6) is -2.10. The van der Waals surface area contributed by atoms with E-state index in [2.05, 4.69) is 10.6 Å². The average Bonchev–Trinajstić information content (AvgIpc) is 2.84. The van der Waals surface area contributed by atoms with Crippen LogP contribution >= 0.6 is 0 Å². The first-order valence-electron chi connectivity index (χ1n) is 11.4. The van der Waals surface area contributed by atoms with Crippen molar-refractivity contribution in [3.8, 4) is 5.75 Å². The van der Waals surface area contributed by atoms with Crippen LogP contribution in [0.3, 0.4) is 0 Å². The Morgan fingerprint density at radius 3 is 2.11 bits per heavy atom. The van der Waals surface area contributed by atoms with Crippen LogP contribution in [0, 0.1) is 0 Å². The molecule has 35 heavy (non-hydrogen) atoms. The minimum Gasteiger partial charge on any atom is -0.508 e. The number of hydrogen-bond donors (Lipinski definition) is 5. The molecule has 0 aliphatic rings. The number of carbonyl (C=O) groups excluding carboxylic acids is 4. The molecular weight excluding hydrogens is 450 g/mol. The Kier molecular flexibility index (Phi) is 10.2. The van der Waals surface area contributed by atoms with Crippen molar-refractivity contribution in [2.45, 2.75) is 44.8 Å². The third kappa shape index (κ3) is 8.42. The summed E-state index contributed by atoms with van der Waals surface area (Å²) in [6, 6.07) is 12.8. The summed E-state index contributed by atoms with van der Waals surface area (Å²) in [6.07, 6.45) is 0.482. The summed E-state index contributed by atoms with van der Waals surface area (Å²) in [6.45, 7) is 3.07. The summed E-state index contributed by atoms with van der Waals surface area (Å²) in [5.41, 5.74) is 13.1. The molecule has 0 radical (unpaired) electrons. The zero-order valence-corrected chi connectivity index (χ0v) is 19.9. The minimum absolute atomic E-state index is 0.107. The van der Waals surface area contributed by atoms with Crippen LogP contribution in [0.5, 0.6) is 5.75 Å². The summed E-state index contributed by atoms with van der Waals surface area (Å²) >= 11 is 0. The summed E-state index contributed by atoms with van der Waals surface area (Å²) in [4.78, 5) is 51.0. The second kappa shape index (κ2) is 13.1. The molecule has 3 atom stereocenters. The first-order chi connectivity index (χ1) is 16.6. The molecule has 10 heteroatoms. The maximum atomic E-state index is 12.8. The highest BCUT2D eigenvalue weighted by Crippen LogP contribution is 2.11. The van der Waals surface area contributed by atoms with Crippen molar-refractivity contribution < 1.29 is 24.3 Å². The van der Waals surface area contributed by atoms with E-state index in [9.17, 15) is 24.3 Å². The zero-order valence-electron chi connectivity index (χ0n) is 19.9. The second-order valence-electron chi connectivity index (χ2n) is 8.21. The Morgan fingerprint density at radius 2 is 1.54 bits per heavy atom. The fourth-order valence-corrected chi connectivity index (χ4v) is 3.55. The maximum Gasteiger partial charge on any atom is 0.242 e. The summed E-state index contributed by atoms with van der Waals surface area (Å²) in [5, 5.41) is 14.4. The quantitative estimate of drug-likeness (QED) is 0.281. The van der Waals surface area contributed by atoms with Crippen LogP contribution in [0.25, 0.3) is 0 Å². The largest absolute Gasteiger partial charge is 0.508 e. The van der Waals surface area contributed by atoms with Crippen molar-refractivity contribution in [3.05, 3.63) is 65.7 Å². The molecule has 188 valence electrons. The number of carbonyl (C=O) groups is 4. The molecule has 0 spiro atoms. The van der Waals surface area contributed by atoms with Gasteiger partial charge in [-0.05, 0) is 43.5 Å². The number of amides is 4. The number of nitrogens with zero attached hydrogens (tertiary/aromatic N) is 1. The number of likely N-dealkylation sites (N-methyl/N-ethyl adjacent to an activating group) is 1. The van der Waals surface area contributed by atoms with E-state index >= 15 is 0 Å². The average molecular weight is 484 g/mol. The van der Waals surface area contributed by atoms with E-state index in [1.165, 1.54) is 24.0 Å². The van der Waals surface area contributed by atoms with E-state index in [1.54, 1.807) is 19.1 Å². The van der Waals surface area contributed by atoms with Crippen LogP contribution in [0.2, 0.25) is 0 Å². The third-order valence-electron chi connectivity index (χ3n) is 5.53. The standard InChI is InChI=1S/C25H33N5O5/c1-3-30(21(23(27)33)14-17-7-5-4-6-8-17)22(32)15-28-24(34)16(2)29-25(35)20(26)13-18-9-11-19(31)12-10-18/h4-12,16,20-21,31H,3,13-15,26H2,1-2H3,(H2,27,33)(H,28,34)(H,29,35)/t16-,20+,21+/m1/s1. The third-order valence-corrected chi connectivity index (χ3v) is 5.53. The molecule has 0 aromatic heterocycles. The van der Waals surface area contributed by atoms with Crippen LogP contribution in [0.15, 0.2) is 54.6 Å². The molecule has 10 nitrogen and oxygen atoms in total. The van der Waals surface area contributed by atoms with Gasteiger partial charge in [-0.25, -0.2) is 0 Å². The fourth-order valence-electron chi connectivity index (χ4n) is 3.55. The fraction of sp³-hybridized carbons (Fsp3) is 0.360. The molecule has 2 aromatic carbocycles. The molecular formula is C25H33N5O5. The molecule has 0 bridgehead atoms. The number of aromatic hydroxyl groups is 1. The van der Waals surface area contributed by atoms with E-state index in [4.69, 9.17) is 11.5 Å². The highest BCUT2D eigenvalue weighted by atomic mass is 16.3. The van der Waals surface area contributed by atoms with Gasteiger partial charge >= 0.3 is 0 Å². The molecule has 0 saturated heterocycles. The summed E-state index contributed by atoms with van der Waals surface area (Å²) in [7, 11) is 0. The van der Waals surface area contributed by atoms with Crippen LogP contribution in [-0.4, -0.2) is 64.9 Å². The molecule has 2 aromatic rings. The predicted octanol–water partition coefficient (Wildman–Crippen LogP) is -0.172. The lowest BCUT2D eigenvalue weighted by Gasteiger charge is -2.29. The lowest BCUT2D eigenvalue weighted by atomic mass is 10.0. The molecule has 0 aliphatic heterocycles. The topological polar surface area (TPSA) is 168 Å². The Morgan fingerprint density at radius 1 is 0.943 bits per heavy atom. The number of primary amides is 1. The molecule has 0 fully saturated rings. The van der Waals surface area contributed by atoms with Gasteiger partial charge in [0.1, 0.15) is 17.8 Å². The Labute approximate surface area is 204 Å². The highest BCUT2D eigenvalue weighted by Gasteiger charge is 2.28. The van der Waals surface area contributed by atoms with E-state index in [-0.39, 0.29) is 31.7 Å². The highest BCUT2D eigenvalue weighted by molar-refractivity contribution is 5.93. The Hall–Kier alpha value is -3.92. The smallest absolute Gasteiger partial charge is 0.242 e. The number of phenols is 1. The molecule has 0 unspecified atom stereocenters. The maximum absolute atomic E-state index is 12.8. The lowest BCUT2D eigenvalue weighted by Crippen LogP contribution is -2.54. The second-order valence-corrected chi connectivity index (χ2v) is 8.21. The first-order valence-corrected chi connectivity index (χ1v) is 11.4. The molecule has 0 heterocycles.